The van der Waals surface area contributed by atoms with Crippen LogP contribution in [0.4, 0.5) is 0 Å². The summed E-state index contributed by atoms with van der Waals surface area (Å²) in [6.07, 6.45) is 1.48. The van der Waals surface area contributed by atoms with Crippen LogP contribution in [0.5, 0.6) is 0 Å². The van der Waals surface area contributed by atoms with Gasteiger partial charge in [-0.1, -0.05) is 18.2 Å². The Labute approximate surface area is 86.9 Å². The van der Waals surface area contributed by atoms with Crippen molar-refractivity contribution in [3.63, 3.8) is 0 Å². The molecule has 0 bridgehead atoms. The lowest BCUT2D eigenvalue weighted by atomic mass is 10.1. The van der Waals surface area contributed by atoms with Gasteiger partial charge in [0.05, 0.1) is 5.56 Å². The lowest BCUT2D eigenvalue weighted by molar-refractivity contribution is 0.0696. The Bertz CT molecular complexity index is 413. The third-order valence-electron chi connectivity index (χ3n) is 1.83. The molecule has 0 aromatic heterocycles. The lowest BCUT2D eigenvalue weighted by Crippen LogP contribution is -2.03. The average molecular weight is 205 g/mol. The maximum Gasteiger partial charge on any atom is 0.336 e. The molecule has 1 aromatic rings. The second-order valence-electron chi connectivity index (χ2n) is 2.78. The largest absolute Gasteiger partial charge is 0.478 e. The van der Waals surface area contributed by atoms with Gasteiger partial charge in [-0.05, 0) is 6.07 Å². The summed E-state index contributed by atoms with van der Waals surface area (Å²) in [5, 5.41) is 14.9. The molecule has 3 N–H and O–H groups in total. The number of hydrogen-bond acceptors (Lipinski definition) is 4. The number of carboxylic acid groups (broad SMARTS) is 1. The van der Waals surface area contributed by atoms with E-state index < -0.39 is 5.97 Å². The van der Waals surface area contributed by atoms with Gasteiger partial charge in [0.25, 0.3) is 0 Å². The molecule has 0 atom stereocenters. The standard InChI is InChI=1S/C10H11N3O2/c1-12-6-9(13-11)7-4-2-3-5-8(7)10(14)15/h2-6,11-12H,1H3,(H,14,15)/b9-6-,13-11?. The van der Waals surface area contributed by atoms with Gasteiger partial charge in [-0.3, -0.25) is 0 Å². The molecule has 0 heterocycles. The first kappa shape index (κ1) is 10.9. The molecule has 0 aliphatic rings. The Morgan fingerprint density at radius 1 is 1.47 bits per heavy atom. The zero-order valence-corrected chi connectivity index (χ0v) is 8.19. The van der Waals surface area contributed by atoms with Gasteiger partial charge in [0.15, 0.2) is 0 Å². The van der Waals surface area contributed by atoms with Gasteiger partial charge in [0.2, 0.25) is 0 Å². The Morgan fingerprint density at radius 2 is 2.07 bits per heavy atom. The molecule has 0 saturated heterocycles. The van der Waals surface area contributed by atoms with Crippen LogP contribution in [0.15, 0.2) is 35.6 Å². The summed E-state index contributed by atoms with van der Waals surface area (Å²) in [6.45, 7) is 0. The van der Waals surface area contributed by atoms with Gasteiger partial charge in [-0.2, -0.15) is 5.11 Å². The Kier molecular flexibility index (Phi) is 3.56. The summed E-state index contributed by atoms with van der Waals surface area (Å²) in [6, 6.07) is 6.43. The van der Waals surface area contributed by atoms with Crippen LogP contribution >= 0.6 is 0 Å². The SMILES string of the molecule is CN/C=C(\N=N)c1ccccc1C(=O)O. The predicted molar refractivity (Wildman–Crippen MR) is 55.6 cm³/mol. The number of carbonyl (C=O) groups is 1. The third-order valence-corrected chi connectivity index (χ3v) is 1.83. The van der Waals surface area contributed by atoms with Crippen LogP contribution < -0.4 is 5.32 Å². The molecule has 78 valence electrons. The van der Waals surface area contributed by atoms with E-state index >= 15 is 0 Å². The van der Waals surface area contributed by atoms with Crippen LogP contribution in [0.25, 0.3) is 5.70 Å². The lowest BCUT2D eigenvalue weighted by Gasteiger charge is -2.04. The first-order valence-corrected chi connectivity index (χ1v) is 4.28. The molecule has 0 saturated carbocycles. The van der Waals surface area contributed by atoms with Crippen molar-refractivity contribution in [2.75, 3.05) is 7.05 Å². The van der Waals surface area contributed by atoms with Crippen molar-refractivity contribution in [3.8, 4) is 0 Å². The van der Waals surface area contributed by atoms with Gasteiger partial charge >= 0.3 is 5.97 Å². The van der Waals surface area contributed by atoms with Crippen LogP contribution in [0, 0.1) is 5.53 Å². The van der Waals surface area contributed by atoms with Gasteiger partial charge in [-0.15, -0.1) is 0 Å². The van der Waals surface area contributed by atoms with Crippen molar-refractivity contribution in [1.82, 2.24) is 5.32 Å². The van der Waals surface area contributed by atoms with E-state index in [1.54, 1.807) is 25.2 Å². The number of nitrogens with zero attached hydrogens (tertiary/aromatic N) is 1. The zero-order valence-electron chi connectivity index (χ0n) is 8.19. The minimum Gasteiger partial charge on any atom is -0.478 e. The van der Waals surface area contributed by atoms with E-state index in [0.29, 0.717) is 5.56 Å². The summed E-state index contributed by atoms with van der Waals surface area (Å²) in [5.74, 6) is -1.03. The number of hydrogen-bond donors (Lipinski definition) is 3. The quantitative estimate of drug-likeness (QED) is 0.656. The molecule has 0 fully saturated rings. The van der Waals surface area contributed by atoms with Gasteiger partial charge in [0.1, 0.15) is 5.70 Å². The van der Waals surface area contributed by atoms with Crippen LogP contribution in [-0.4, -0.2) is 18.1 Å². The number of carboxylic acids is 1. The van der Waals surface area contributed by atoms with Crippen LogP contribution in [-0.2, 0) is 0 Å². The maximum absolute atomic E-state index is 10.9. The molecule has 1 rings (SSSR count). The molecule has 0 radical (unpaired) electrons. The first-order chi connectivity index (χ1) is 7.20. The highest BCUT2D eigenvalue weighted by Gasteiger charge is 2.11. The summed E-state index contributed by atoms with van der Waals surface area (Å²) >= 11 is 0. The van der Waals surface area contributed by atoms with Crippen LogP contribution in [0.1, 0.15) is 15.9 Å². The van der Waals surface area contributed by atoms with Gasteiger partial charge in [0, 0.05) is 18.8 Å². The molecule has 1 aromatic carbocycles. The van der Waals surface area contributed by atoms with E-state index in [1.807, 2.05) is 0 Å². The number of aromatic carboxylic acids is 1. The van der Waals surface area contributed by atoms with Crippen molar-refractivity contribution in [2.45, 2.75) is 0 Å². The molecule has 5 heteroatoms. The summed E-state index contributed by atoms with van der Waals surface area (Å²) in [5.41, 5.74) is 7.81. The second kappa shape index (κ2) is 4.90. The van der Waals surface area contributed by atoms with Gasteiger partial charge < -0.3 is 10.4 Å². The average Bonchev–Trinajstić information content (AvgIpc) is 2.26. The molecular formula is C10H11N3O2. The van der Waals surface area contributed by atoms with Crippen molar-refractivity contribution in [3.05, 3.63) is 41.6 Å². The monoisotopic (exact) mass is 205 g/mol. The van der Waals surface area contributed by atoms with Crippen molar-refractivity contribution in [2.24, 2.45) is 5.11 Å². The summed E-state index contributed by atoms with van der Waals surface area (Å²) < 4.78 is 0. The van der Waals surface area contributed by atoms with Crippen LogP contribution in [0.3, 0.4) is 0 Å². The van der Waals surface area contributed by atoms with Crippen LogP contribution in [0.2, 0.25) is 0 Å². The molecule has 0 amide bonds. The molecule has 0 spiro atoms. The van der Waals surface area contributed by atoms with E-state index in [0.717, 1.165) is 0 Å². The Morgan fingerprint density at radius 3 is 2.53 bits per heavy atom. The highest BCUT2D eigenvalue weighted by atomic mass is 16.4. The predicted octanol–water partition coefficient (Wildman–Crippen LogP) is 1.93. The summed E-state index contributed by atoms with van der Waals surface area (Å²) in [4.78, 5) is 10.9. The smallest absolute Gasteiger partial charge is 0.336 e. The molecule has 0 unspecified atom stereocenters. The minimum absolute atomic E-state index is 0.134. The fraction of sp³-hybridized carbons (Fsp3) is 0.100. The minimum atomic E-state index is -1.03. The van der Waals surface area contributed by atoms with Crippen molar-refractivity contribution in [1.29, 1.82) is 5.53 Å². The zero-order chi connectivity index (χ0) is 11.3. The van der Waals surface area contributed by atoms with E-state index in [1.165, 1.54) is 12.3 Å². The fourth-order valence-corrected chi connectivity index (χ4v) is 1.20. The highest BCUT2D eigenvalue weighted by Crippen LogP contribution is 2.19. The molecule has 15 heavy (non-hydrogen) atoms. The first-order valence-electron chi connectivity index (χ1n) is 4.28. The Hall–Kier alpha value is -2.17. The Balaban J connectivity index is 3.29. The molecular weight excluding hydrogens is 194 g/mol. The van der Waals surface area contributed by atoms with E-state index in [2.05, 4.69) is 10.4 Å². The highest BCUT2D eigenvalue weighted by molar-refractivity contribution is 5.93. The maximum atomic E-state index is 10.9. The normalized spacial score (nSPS) is 10.9. The fourth-order valence-electron chi connectivity index (χ4n) is 1.20. The number of rotatable bonds is 4. The number of benzene rings is 1. The summed E-state index contributed by atoms with van der Waals surface area (Å²) in [7, 11) is 1.66. The van der Waals surface area contributed by atoms with E-state index in [9.17, 15) is 4.79 Å². The molecule has 5 nitrogen and oxygen atoms in total. The number of nitrogens with one attached hydrogen (secondary N) is 2. The second-order valence-corrected chi connectivity index (χ2v) is 2.78. The topological polar surface area (TPSA) is 85.5 Å². The van der Waals surface area contributed by atoms with E-state index in [4.69, 9.17) is 10.6 Å². The van der Waals surface area contributed by atoms with Crippen molar-refractivity contribution >= 4 is 11.7 Å². The molecule has 0 aliphatic heterocycles. The molecule has 0 aliphatic carbocycles. The van der Waals surface area contributed by atoms with Crippen molar-refractivity contribution < 1.29 is 9.90 Å². The third kappa shape index (κ3) is 2.40. The van der Waals surface area contributed by atoms with Gasteiger partial charge in [-0.25, -0.2) is 10.3 Å². The van der Waals surface area contributed by atoms with E-state index in [-0.39, 0.29) is 11.3 Å².